The van der Waals surface area contributed by atoms with Crippen LogP contribution in [0.4, 0.5) is 5.69 Å². The molecule has 0 atom stereocenters. The first kappa shape index (κ1) is 27.4. The van der Waals surface area contributed by atoms with Crippen LogP contribution in [0.5, 0.6) is 0 Å². The van der Waals surface area contributed by atoms with Crippen molar-refractivity contribution in [2.24, 2.45) is 0 Å². The molecule has 0 spiro atoms. The lowest BCUT2D eigenvalue weighted by molar-refractivity contribution is -0.132. The SMILES string of the molecule is C=C/C=C\C(C)=C1/CC(c2ccc(C(C)(C)C)cc2)=C(C(=O)O)N1c1cccc(-c2ccc(C(=O)O)cc2)c1. The standard InChI is InChI=1S/C34H33NO4/c1-6-7-9-22(2)30-21-29(24-16-18-27(19-17-24)34(3,4)5)31(33(38)39)35(30)28-11-8-10-26(20-28)23-12-14-25(15-13-23)32(36)37/h6-20H,1,21H2,2-5H3,(H,36,37)(H,38,39)/b9-7-,30-22+. The molecular formula is C34H33NO4. The van der Waals surface area contributed by atoms with E-state index in [4.69, 9.17) is 0 Å². The Morgan fingerprint density at radius 3 is 2.08 bits per heavy atom. The summed E-state index contributed by atoms with van der Waals surface area (Å²) in [5, 5.41) is 19.7. The second kappa shape index (κ2) is 11.0. The summed E-state index contributed by atoms with van der Waals surface area (Å²) in [7, 11) is 0. The van der Waals surface area contributed by atoms with Crippen LogP contribution in [0.2, 0.25) is 0 Å². The third kappa shape index (κ3) is 5.78. The number of hydrogen-bond acceptors (Lipinski definition) is 3. The molecule has 5 nitrogen and oxygen atoms in total. The Balaban J connectivity index is 1.88. The van der Waals surface area contributed by atoms with Crippen LogP contribution >= 0.6 is 0 Å². The molecule has 0 saturated carbocycles. The van der Waals surface area contributed by atoms with E-state index in [1.807, 2.05) is 60.4 Å². The third-order valence-electron chi connectivity index (χ3n) is 6.93. The summed E-state index contributed by atoms with van der Waals surface area (Å²) in [6.45, 7) is 12.2. The second-order valence-electron chi connectivity index (χ2n) is 10.6. The minimum Gasteiger partial charge on any atom is -0.478 e. The van der Waals surface area contributed by atoms with E-state index >= 15 is 0 Å². The fourth-order valence-electron chi connectivity index (χ4n) is 4.77. The maximum atomic E-state index is 12.8. The minimum atomic E-state index is -1.00. The predicted molar refractivity (Wildman–Crippen MR) is 158 cm³/mol. The van der Waals surface area contributed by atoms with Crippen LogP contribution in [0.25, 0.3) is 16.7 Å². The van der Waals surface area contributed by atoms with Gasteiger partial charge in [0.05, 0.1) is 5.56 Å². The van der Waals surface area contributed by atoms with Gasteiger partial charge in [0, 0.05) is 17.8 Å². The monoisotopic (exact) mass is 519 g/mol. The largest absolute Gasteiger partial charge is 0.478 e. The van der Waals surface area contributed by atoms with Gasteiger partial charge < -0.3 is 15.1 Å². The zero-order valence-electron chi connectivity index (χ0n) is 22.7. The molecule has 5 heteroatoms. The van der Waals surface area contributed by atoms with Crippen LogP contribution in [0.1, 0.15) is 55.6 Å². The van der Waals surface area contributed by atoms with E-state index in [1.54, 1.807) is 30.3 Å². The summed E-state index contributed by atoms with van der Waals surface area (Å²) in [6, 6.07) is 22.5. The molecule has 0 aliphatic carbocycles. The average Bonchev–Trinajstić information content (AvgIpc) is 3.33. The van der Waals surface area contributed by atoms with Crippen LogP contribution in [0.15, 0.2) is 115 Å². The first-order valence-corrected chi connectivity index (χ1v) is 12.8. The number of carbonyl (C=O) groups is 2. The molecule has 198 valence electrons. The normalized spacial score (nSPS) is 15.1. The van der Waals surface area contributed by atoms with E-state index in [0.717, 1.165) is 39.2 Å². The highest BCUT2D eigenvalue weighted by molar-refractivity contribution is 6.04. The van der Waals surface area contributed by atoms with Gasteiger partial charge in [-0.15, -0.1) is 0 Å². The van der Waals surface area contributed by atoms with E-state index in [0.29, 0.717) is 6.42 Å². The Morgan fingerprint density at radius 2 is 1.51 bits per heavy atom. The van der Waals surface area contributed by atoms with Crippen molar-refractivity contribution in [3.8, 4) is 11.1 Å². The highest BCUT2D eigenvalue weighted by atomic mass is 16.4. The Labute approximate surface area is 229 Å². The number of anilines is 1. The number of rotatable bonds is 7. The van der Waals surface area contributed by atoms with Crippen molar-refractivity contribution in [3.63, 3.8) is 0 Å². The van der Waals surface area contributed by atoms with Gasteiger partial charge in [-0.3, -0.25) is 0 Å². The maximum absolute atomic E-state index is 12.8. The number of carboxylic acids is 2. The lowest BCUT2D eigenvalue weighted by Gasteiger charge is -2.24. The minimum absolute atomic E-state index is 0.00943. The summed E-state index contributed by atoms with van der Waals surface area (Å²) in [5.41, 5.74) is 7.46. The van der Waals surface area contributed by atoms with Gasteiger partial charge in [0.1, 0.15) is 5.70 Å². The van der Waals surface area contributed by atoms with Crippen molar-refractivity contribution in [2.45, 2.75) is 39.5 Å². The number of hydrogen-bond donors (Lipinski definition) is 2. The van der Waals surface area contributed by atoms with E-state index in [-0.39, 0.29) is 16.7 Å². The van der Waals surface area contributed by atoms with E-state index in [2.05, 4.69) is 39.5 Å². The molecule has 1 aliphatic heterocycles. The number of nitrogens with zero attached hydrogens (tertiary/aromatic N) is 1. The first-order valence-electron chi connectivity index (χ1n) is 12.8. The summed E-state index contributed by atoms with van der Waals surface area (Å²) in [4.78, 5) is 25.9. The molecule has 1 aliphatic rings. The van der Waals surface area contributed by atoms with Crippen LogP contribution in [0, 0.1) is 0 Å². The zero-order chi connectivity index (χ0) is 28.3. The molecule has 0 saturated heterocycles. The molecule has 0 amide bonds. The van der Waals surface area contributed by atoms with Crippen molar-refractivity contribution >= 4 is 23.2 Å². The number of aromatic carboxylic acids is 1. The number of allylic oxidation sites excluding steroid dienone is 5. The van der Waals surface area contributed by atoms with Crippen LogP contribution in [-0.4, -0.2) is 22.2 Å². The quantitative estimate of drug-likeness (QED) is 0.309. The number of benzene rings is 3. The summed E-state index contributed by atoms with van der Waals surface area (Å²) >= 11 is 0. The second-order valence-corrected chi connectivity index (χ2v) is 10.6. The predicted octanol–water partition coefficient (Wildman–Crippen LogP) is 8.07. The smallest absolute Gasteiger partial charge is 0.353 e. The highest BCUT2D eigenvalue weighted by Gasteiger charge is 2.34. The van der Waals surface area contributed by atoms with Gasteiger partial charge in [-0.1, -0.05) is 94.1 Å². The van der Waals surface area contributed by atoms with Crippen molar-refractivity contribution in [1.82, 2.24) is 0 Å². The molecule has 1 heterocycles. The molecule has 3 aromatic rings. The van der Waals surface area contributed by atoms with Gasteiger partial charge in [0.2, 0.25) is 0 Å². The Bertz CT molecular complexity index is 1510. The van der Waals surface area contributed by atoms with Crippen molar-refractivity contribution < 1.29 is 19.8 Å². The Morgan fingerprint density at radius 1 is 0.872 bits per heavy atom. The number of aliphatic carboxylic acids is 1. The van der Waals surface area contributed by atoms with Gasteiger partial charge in [-0.05, 0) is 70.0 Å². The average molecular weight is 520 g/mol. The van der Waals surface area contributed by atoms with Crippen molar-refractivity contribution in [2.75, 3.05) is 4.90 Å². The third-order valence-corrected chi connectivity index (χ3v) is 6.93. The summed E-state index contributed by atoms with van der Waals surface area (Å²) < 4.78 is 0. The van der Waals surface area contributed by atoms with Gasteiger partial charge in [-0.2, -0.15) is 0 Å². The highest BCUT2D eigenvalue weighted by Crippen LogP contribution is 2.44. The lowest BCUT2D eigenvalue weighted by atomic mass is 9.86. The molecule has 0 radical (unpaired) electrons. The molecule has 4 rings (SSSR count). The number of carboxylic acid groups (broad SMARTS) is 2. The fourth-order valence-corrected chi connectivity index (χ4v) is 4.77. The van der Waals surface area contributed by atoms with Gasteiger partial charge in [0.25, 0.3) is 0 Å². The molecule has 2 N–H and O–H groups in total. The van der Waals surface area contributed by atoms with Gasteiger partial charge >= 0.3 is 11.9 Å². The molecule has 3 aromatic carbocycles. The molecule has 0 bridgehead atoms. The van der Waals surface area contributed by atoms with Crippen LogP contribution < -0.4 is 4.90 Å². The topological polar surface area (TPSA) is 77.8 Å². The zero-order valence-corrected chi connectivity index (χ0v) is 22.7. The van der Waals surface area contributed by atoms with E-state index in [9.17, 15) is 19.8 Å². The van der Waals surface area contributed by atoms with Gasteiger partial charge in [-0.25, -0.2) is 9.59 Å². The van der Waals surface area contributed by atoms with Crippen LogP contribution in [0.3, 0.4) is 0 Å². The van der Waals surface area contributed by atoms with Crippen molar-refractivity contribution in [3.05, 3.63) is 131 Å². The van der Waals surface area contributed by atoms with Crippen molar-refractivity contribution in [1.29, 1.82) is 0 Å². The maximum Gasteiger partial charge on any atom is 0.353 e. The molecule has 0 unspecified atom stereocenters. The molecular weight excluding hydrogens is 486 g/mol. The fraction of sp³-hybridized carbons (Fsp3) is 0.176. The summed E-state index contributed by atoms with van der Waals surface area (Å²) in [6.07, 6.45) is 5.94. The Kier molecular flexibility index (Phi) is 7.73. The Hall–Kier alpha value is -4.64. The molecule has 39 heavy (non-hydrogen) atoms. The lowest BCUT2D eigenvalue weighted by Crippen LogP contribution is -2.23. The first-order chi connectivity index (χ1) is 18.5. The van der Waals surface area contributed by atoms with E-state index < -0.39 is 11.9 Å². The van der Waals surface area contributed by atoms with Crippen LogP contribution in [-0.2, 0) is 10.2 Å². The molecule has 0 fully saturated rings. The van der Waals surface area contributed by atoms with E-state index in [1.165, 1.54) is 5.56 Å². The summed E-state index contributed by atoms with van der Waals surface area (Å²) in [5.74, 6) is -1.99. The molecule has 0 aromatic heterocycles. The van der Waals surface area contributed by atoms with Gasteiger partial charge in [0.15, 0.2) is 0 Å².